The van der Waals surface area contributed by atoms with Crippen molar-refractivity contribution in [2.75, 3.05) is 20.2 Å². The molecule has 1 aliphatic heterocycles. The number of hydrogen-bond acceptors (Lipinski definition) is 3. The molecule has 1 amide bonds. The van der Waals surface area contributed by atoms with Crippen LogP contribution in [-0.2, 0) is 9.53 Å². The first-order chi connectivity index (χ1) is 10.1. The first kappa shape index (κ1) is 19.2. The summed E-state index contributed by atoms with van der Waals surface area (Å²) in [6.45, 7) is 3.74. The van der Waals surface area contributed by atoms with E-state index in [4.69, 9.17) is 16.3 Å². The highest BCUT2D eigenvalue weighted by Gasteiger charge is 2.26. The van der Waals surface area contributed by atoms with Crippen molar-refractivity contribution in [3.63, 3.8) is 0 Å². The number of amides is 1. The van der Waals surface area contributed by atoms with Crippen molar-refractivity contribution in [1.29, 1.82) is 0 Å². The molecule has 6 heteroatoms. The van der Waals surface area contributed by atoms with E-state index in [2.05, 4.69) is 10.6 Å². The van der Waals surface area contributed by atoms with Crippen LogP contribution in [0.1, 0.15) is 31.4 Å². The Morgan fingerprint density at radius 3 is 2.64 bits per heavy atom. The molecule has 0 radical (unpaired) electrons. The van der Waals surface area contributed by atoms with Gasteiger partial charge in [-0.15, -0.1) is 12.4 Å². The highest BCUT2D eigenvalue weighted by atomic mass is 35.5. The Labute approximate surface area is 143 Å². The Morgan fingerprint density at radius 2 is 2.09 bits per heavy atom. The van der Waals surface area contributed by atoms with Crippen LogP contribution in [0.2, 0.25) is 5.02 Å². The van der Waals surface area contributed by atoms with E-state index >= 15 is 0 Å². The summed E-state index contributed by atoms with van der Waals surface area (Å²) in [6, 6.07) is 7.44. The van der Waals surface area contributed by atoms with Crippen LogP contribution in [0.5, 0.6) is 0 Å². The van der Waals surface area contributed by atoms with E-state index in [9.17, 15) is 4.79 Å². The number of piperidine rings is 1. The van der Waals surface area contributed by atoms with Gasteiger partial charge in [0.1, 0.15) is 6.10 Å². The molecule has 1 aromatic carbocycles. The van der Waals surface area contributed by atoms with Crippen LogP contribution >= 0.6 is 24.0 Å². The Morgan fingerprint density at radius 1 is 1.41 bits per heavy atom. The van der Waals surface area contributed by atoms with Crippen LogP contribution in [0, 0.1) is 5.92 Å². The zero-order chi connectivity index (χ0) is 15.2. The largest absolute Gasteiger partial charge is 0.375 e. The normalized spacial score (nSPS) is 20.6. The van der Waals surface area contributed by atoms with Crippen molar-refractivity contribution >= 4 is 29.9 Å². The lowest BCUT2D eigenvalue weighted by molar-refractivity contribution is -0.127. The third-order valence-electron chi connectivity index (χ3n) is 3.94. The zero-order valence-corrected chi connectivity index (χ0v) is 14.5. The molecule has 1 fully saturated rings. The predicted molar refractivity (Wildman–Crippen MR) is 91.6 cm³/mol. The van der Waals surface area contributed by atoms with E-state index in [-0.39, 0.29) is 36.4 Å². The predicted octanol–water partition coefficient (Wildman–Crippen LogP) is 2.95. The van der Waals surface area contributed by atoms with Gasteiger partial charge in [0.2, 0.25) is 5.91 Å². The maximum atomic E-state index is 12.3. The van der Waals surface area contributed by atoms with Crippen molar-refractivity contribution in [3.8, 4) is 0 Å². The van der Waals surface area contributed by atoms with Gasteiger partial charge in [-0.3, -0.25) is 4.79 Å². The molecule has 3 unspecified atom stereocenters. The highest BCUT2D eigenvalue weighted by molar-refractivity contribution is 6.30. The van der Waals surface area contributed by atoms with Crippen LogP contribution in [0.25, 0.3) is 0 Å². The Kier molecular flexibility index (Phi) is 8.18. The van der Waals surface area contributed by atoms with E-state index < -0.39 is 0 Å². The molecule has 0 aliphatic carbocycles. The molecule has 124 valence electrons. The molecule has 1 saturated heterocycles. The Hall–Kier alpha value is -0.810. The minimum absolute atomic E-state index is 0. The van der Waals surface area contributed by atoms with Gasteiger partial charge in [-0.1, -0.05) is 23.7 Å². The van der Waals surface area contributed by atoms with Crippen LogP contribution in [-0.4, -0.2) is 32.1 Å². The number of rotatable bonds is 5. The van der Waals surface area contributed by atoms with E-state index in [1.807, 2.05) is 31.2 Å². The summed E-state index contributed by atoms with van der Waals surface area (Å²) in [4.78, 5) is 12.3. The van der Waals surface area contributed by atoms with Gasteiger partial charge in [0.05, 0.1) is 12.0 Å². The van der Waals surface area contributed by atoms with E-state index in [0.717, 1.165) is 31.5 Å². The topological polar surface area (TPSA) is 50.4 Å². The number of halogens is 2. The van der Waals surface area contributed by atoms with Gasteiger partial charge in [-0.05, 0) is 44.0 Å². The summed E-state index contributed by atoms with van der Waals surface area (Å²) in [5.74, 6) is 0.162. The summed E-state index contributed by atoms with van der Waals surface area (Å²) in [5.41, 5.74) is 1.01. The molecule has 0 aromatic heterocycles. The van der Waals surface area contributed by atoms with Crippen molar-refractivity contribution < 1.29 is 9.53 Å². The van der Waals surface area contributed by atoms with E-state index in [1.54, 1.807) is 7.11 Å². The first-order valence-corrected chi connectivity index (χ1v) is 7.79. The summed E-state index contributed by atoms with van der Waals surface area (Å²) in [6.07, 6.45) is 1.82. The third kappa shape index (κ3) is 5.13. The van der Waals surface area contributed by atoms with Crippen molar-refractivity contribution in [1.82, 2.24) is 10.6 Å². The van der Waals surface area contributed by atoms with Crippen molar-refractivity contribution in [2.45, 2.75) is 31.9 Å². The molecule has 0 saturated carbocycles. The Bertz CT molecular complexity index is 462. The number of methoxy groups -OCH3 is 1. The first-order valence-electron chi connectivity index (χ1n) is 7.41. The van der Waals surface area contributed by atoms with E-state index in [0.29, 0.717) is 5.02 Å². The lowest BCUT2D eigenvalue weighted by atomic mass is 9.97. The zero-order valence-electron chi connectivity index (χ0n) is 13.0. The summed E-state index contributed by atoms with van der Waals surface area (Å²) >= 11 is 5.91. The number of nitrogens with one attached hydrogen (secondary N) is 2. The second kappa shape index (κ2) is 9.36. The third-order valence-corrected chi connectivity index (χ3v) is 4.20. The van der Waals surface area contributed by atoms with Crippen LogP contribution in [0.4, 0.5) is 0 Å². The van der Waals surface area contributed by atoms with Gasteiger partial charge >= 0.3 is 0 Å². The molecule has 1 aliphatic rings. The minimum Gasteiger partial charge on any atom is -0.375 e. The van der Waals surface area contributed by atoms with Crippen LogP contribution < -0.4 is 10.6 Å². The van der Waals surface area contributed by atoms with Gasteiger partial charge < -0.3 is 15.4 Å². The molecule has 2 rings (SSSR count). The molecule has 0 bridgehead atoms. The van der Waals surface area contributed by atoms with Crippen LogP contribution in [0.15, 0.2) is 24.3 Å². The number of ether oxygens (including phenoxy) is 1. The summed E-state index contributed by atoms with van der Waals surface area (Å²) in [7, 11) is 1.66. The minimum atomic E-state index is -0.178. The molecule has 0 spiro atoms. The van der Waals surface area contributed by atoms with E-state index in [1.165, 1.54) is 0 Å². The average Bonchev–Trinajstić information content (AvgIpc) is 2.50. The second-order valence-electron chi connectivity index (χ2n) is 5.55. The van der Waals surface area contributed by atoms with Gasteiger partial charge in [0.25, 0.3) is 0 Å². The number of hydrogen-bond donors (Lipinski definition) is 2. The van der Waals surface area contributed by atoms with Crippen LogP contribution in [0.3, 0.4) is 0 Å². The number of carbonyl (C=O) groups excluding carboxylic acids is 1. The molecule has 3 atom stereocenters. The van der Waals surface area contributed by atoms with Gasteiger partial charge in [-0.25, -0.2) is 0 Å². The smallest absolute Gasteiger partial charge is 0.224 e. The molecule has 22 heavy (non-hydrogen) atoms. The molecular weight excluding hydrogens is 323 g/mol. The Balaban J connectivity index is 0.00000242. The lowest BCUT2D eigenvalue weighted by Gasteiger charge is -2.28. The highest BCUT2D eigenvalue weighted by Crippen LogP contribution is 2.23. The monoisotopic (exact) mass is 346 g/mol. The van der Waals surface area contributed by atoms with Crippen molar-refractivity contribution in [2.24, 2.45) is 5.92 Å². The quantitative estimate of drug-likeness (QED) is 0.861. The standard InChI is InChI=1S/C16H23ClN2O2.ClH/c1-11(19-16(20)13-4-3-9-18-10-13)15(21-2)12-5-7-14(17)8-6-12;/h5-8,11,13,15,18H,3-4,9-10H2,1-2H3,(H,19,20);1H. The summed E-state index contributed by atoms with van der Waals surface area (Å²) < 4.78 is 5.55. The second-order valence-corrected chi connectivity index (χ2v) is 5.98. The fraction of sp³-hybridized carbons (Fsp3) is 0.562. The number of benzene rings is 1. The molecule has 2 N–H and O–H groups in total. The fourth-order valence-corrected chi connectivity index (χ4v) is 2.90. The maximum absolute atomic E-state index is 12.3. The van der Waals surface area contributed by atoms with Gasteiger partial charge in [0.15, 0.2) is 0 Å². The molecule has 4 nitrogen and oxygen atoms in total. The maximum Gasteiger partial charge on any atom is 0.224 e. The number of carbonyl (C=O) groups is 1. The lowest BCUT2D eigenvalue weighted by Crippen LogP contribution is -2.45. The molecular formula is C16H24Cl2N2O2. The van der Waals surface area contributed by atoms with Gasteiger partial charge in [0, 0.05) is 18.7 Å². The average molecular weight is 347 g/mol. The SMILES string of the molecule is COC(c1ccc(Cl)cc1)C(C)NC(=O)C1CCCNC1.Cl. The molecule has 1 aromatic rings. The fourth-order valence-electron chi connectivity index (χ4n) is 2.77. The van der Waals surface area contributed by atoms with Gasteiger partial charge in [-0.2, -0.15) is 0 Å². The summed E-state index contributed by atoms with van der Waals surface area (Å²) in [5, 5.41) is 7.03. The van der Waals surface area contributed by atoms with Crippen molar-refractivity contribution in [3.05, 3.63) is 34.9 Å². The molecule has 1 heterocycles.